The normalized spacial score (nSPS) is 10.1. The van der Waals surface area contributed by atoms with Crippen molar-refractivity contribution in [1.82, 2.24) is 0 Å². The standard InChI is InChI=1S/C13H10ClN/c14-9-10-4-5-13-11(6-7-15)2-1-3-12(13)8-10/h1-5,8H,6,9H2. The Kier molecular flexibility index (Phi) is 2.89. The number of rotatable bonds is 2. The lowest BCUT2D eigenvalue weighted by Crippen LogP contribution is -1.86. The quantitative estimate of drug-likeness (QED) is 0.702. The van der Waals surface area contributed by atoms with Crippen LogP contribution in [0, 0.1) is 11.3 Å². The molecule has 0 unspecified atom stereocenters. The van der Waals surface area contributed by atoms with Gasteiger partial charge in [-0.25, -0.2) is 0 Å². The second kappa shape index (κ2) is 4.33. The highest BCUT2D eigenvalue weighted by atomic mass is 35.5. The summed E-state index contributed by atoms with van der Waals surface area (Å²) in [4.78, 5) is 0. The predicted octanol–water partition coefficient (Wildman–Crippen LogP) is 3.64. The molecule has 15 heavy (non-hydrogen) atoms. The molecular weight excluding hydrogens is 206 g/mol. The molecule has 1 nitrogen and oxygen atoms in total. The van der Waals surface area contributed by atoms with Gasteiger partial charge in [-0.3, -0.25) is 0 Å². The zero-order valence-electron chi connectivity index (χ0n) is 8.20. The van der Waals surface area contributed by atoms with Crippen LogP contribution in [0.25, 0.3) is 10.8 Å². The molecule has 0 heterocycles. The van der Waals surface area contributed by atoms with E-state index in [0.29, 0.717) is 12.3 Å². The molecule has 2 aromatic carbocycles. The SMILES string of the molecule is N#CCc1cccc2cc(CCl)ccc12. The van der Waals surface area contributed by atoms with E-state index < -0.39 is 0 Å². The number of benzene rings is 2. The first-order valence-electron chi connectivity index (χ1n) is 4.78. The Morgan fingerprint density at radius 3 is 2.80 bits per heavy atom. The number of nitriles is 1. The molecule has 0 fully saturated rings. The van der Waals surface area contributed by atoms with Gasteiger partial charge in [0.1, 0.15) is 0 Å². The Balaban J connectivity index is 2.62. The number of halogens is 1. The van der Waals surface area contributed by atoms with E-state index in [2.05, 4.69) is 12.1 Å². The molecule has 0 bridgehead atoms. The van der Waals surface area contributed by atoms with Crippen LogP contribution in [0.1, 0.15) is 11.1 Å². The first-order valence-corrected chi connectivity index (χ1v) is 5.32. The van der Waals surface area contributed by atoms with Gasteiger partial charge in [-0.2, -0.15) is 5.26 Å². The van der Waals surface area contributed by atoms with Crippen molar-refractivity contribution in [3.05, 3.63) is 47.5 Å². The van der Waals surface area contributed by atoms with E-state index in [4.69, 9.17) is 16.9 Å². The maximum atomic E-state index is 8.71. The molecule has 0 N–H and O–H groups in total. The average Bonchev–Trinajstić information content (AvgIpc) is 2.29. The Morgan fingerprint density at radius 2 is 2.07 bits per heavy atom. The number of alkyl halides is 1. The monoisotopic (exact) mass is 215 g/mol. The predicted molar refractivity (Wildman–Crippen MR) is 62.8 cm³/mol. The summed E-state index contributed by atoms with van der Waals surface area (Å²) in [5, 5.41) is 11.0. The molecule has 0 aliphatic carbocycles. The van der Waals surface area contributed by atoms with Crippen LogP contribution in [0.5, 0.6) is 0 Å². The van der Waals surface area contributed by atoms with Gasteiger partial charge in [0, 0.05) is 5.88 Å². The summed E-state index contributed by atoms with van der Waals surface area (Å²) in [5.41, 5.74) is 2.19. The lowest BCUT2D eigenvalue weighted by atomic mass is 10.0. The summed E-state index contributed by atoms with van der Waals surface area (Å²) >= 11 is 5.78. The molecule has 0 aromatic heterocycles. The number of hydrogen-bond donors (Lipinski definition) is 0. The van der Waals surface area contributed by atoms with Gasteiger partial charge >= 0.3 is 0 Å². The molecule has 2 heteroatoms. The maximum absolute atomic E-state index is 8.71. The van der Waals surface area contributed by atoms with Crippen LogP contribution < -0.4 is 0 Å². The molecule has 0 atom stereocenters. The fraction of sp³-hybridized carbons (Fsp3) is 0.154. The van der Waals surface area contributed by atoms with Gasteiger partial charge in [0.2, 0.25) is 0 Å². The van der Waals surface area contributed by atoms with Crippen LogP contribution in [0.15, 0.2) is 36.4 Å². The van der Waals surface area contributed by atoms with Gasteiger partial charge in [-0.15, -0.1) is 11.6 Å². The minimum atomic E-state index is 0.456. The van der Waals surface area contributed by atoms with Crippen molar-refractivity contribution in [2.45, 2.75) is 12.3 Å². The highest BCUT2D eigenvalue weighted by molar-refractivity contribution is 6.17. The molecule has 74 valence electrons. The molecule has 0 saturated heterocycles. The molecule has 0 spiro atoms. The van der Waals surface area contributed by atoms with Gasteiger partial charge < -0.3 is 0 Å². The third-order valence-corrected chi connectivity index (χ3v) is 2.77. The fourth-order valence-corrected chi connectivity index (χ4v) is 1.89. The average molecular weight is 216 g/mol. The van der Waals surface area contributed by atoms with Crippen molar-refractivity contribution in [1.29, 1.82) is 5.26 Å². The van der Waals surface area contributed by atoms with Crippen LogP contribution in [0.3, 0.4) is 0 Å². The largest absolute Gasteiger partial charge is 0.198 e. The molecular formula is C13H10ClN. The summed E-state index contributed by atoms with van der Waals surface area (Å²) in [6.45, 7) is 0. The summed E-state index contributed by atoms with van der Waals surface area (Å²) in [6.07, 6.45) is 0.456. The van der Waals surface area contributed by atoms with Gasteiger partial charge in [-0.1, -0.05) is 30.3 Å². The van der Waals surface area contributed by atoms with Crippen molar-refractivity contribution in [2.24, 2.45) is 0 Å². The minimum absolute atomic E-state index is 0.456. The molecule has 2 rings (SSSR count). The summed E-state index contributed by atoms with van der Waals surface area (Å²) < 4.78 is 0. The lowest BCUT2D eigenvalue weighted by Gasteiger charge is -2.04. The second-order valence-corrected chi connectivity index (χ2v) is 3.71. The zero-order chi connectivity index (χ0) is 10.7. The smallest absolute Gasteiger partial charge is 0.0669 e. The van der Waals surface area contributed by atoms with Crippen molar-refractivity contribution in [3.63, 3.8) is 0 Å². The van der Waals surface area contributed by atoms with Crippen LogP contribution >= 0.6 is 11.6 Å². The molecule has 0 aliphatic rings. The Morgan fingerprint density at radius 1 is 1.20 bits per heavy atom. The van der Waals surface area contributed by atoms with E-state index in [-0.39, 0.29) is 0 Å². The lowest BCUT2D eigenvalue weighted by molar-refractivity contribution is 1.28. The van der Waals surface area contributed by atoms with Gasteiger partial charge in [0.25, 0.3) is 0 Å². The van der Waals surface area contributed by atoms with Gasteiger partial charge in [0.15, 0.2) is 0 Å². The van der Waals surface area contributed by atoms with Crippen molar-refractivity contribution < 1.29 is 0 Å². The number of hydrogen-bond acceptors (Lipinski definition) is 1. The third-order valence-electron chi connectivity index (χ3n) is 2.46. The van der Waals surface area contributed by atoms with E-state index >= 15 is 0 Å². The van der Waals surface area contributed by atoms with Crippen LogP contribution in [0.2, 0.25) is 0 Å². The van der Waals surface area contributed by atoms with E-state index in [1.165, 1.54) is 0 Å². The van der Waals surface area contributed by atoms with Crippen LogP contribution in [0.4, 0.5) is 0 Å². The first kappa shape index (κ1) is 10.0. The first-order chi connectivity index (χ1) is 7.35. The van der Waals surface area contributed by atoms with E-state index in [0.717, 1.165) is 21.9 Å². The number of nitrogens with zero attached hydrogens (tertiary/aromatic N) is 1. The molecule has 2 aromatic rings. The van der Waals surface area contributed by atoms with E-state index in [1.54, 1.807) is 0 Å². The Labute approximate surface area is 93.9 Å². The molecule has 0 saturated carbocycles. The third kappa shape index (κ3) is 1.95. The second-order valence-electron chi connectivity index (χ2n) is 3.44. The van der Waals surface area contributed by atoms with Crippen LogP contribution in [-0.2, 0) is 12.3 Å². The Bertz CT molecular complexity index is 526. The molecule has 0 amide bonds. The van der Waals surface area contributed by atoms with Gasteiger partial charge in [-0.05, 0) is 28.0 Å². The van der Waals surface area contributed by atoms with Crippen molar-refractivity contribution >= 4 is 22.4 Å². The molecule has 0 aliphatic heterocycles. The Hall–Kier alpha value is -1.52. The van der Waals surface area contributed by atoms with Crippen molar-refractivity contribution in [3.8, 4) is 6.07 Å². The highest BCUT2D eigenvalue weighted by Crippen LogP contribution is 2.21. The number of fused-ring (bicyclic) bond motifs is 1. The van der Waals surface area contributed by atoms with Crippen molar-refractivity contribution in [2.75, 3.05) is 0 Å². The minimum Gasteiger partial charge on any atom is -0.198 e. The fourth-order valence-electron chi connectivity index (χ4n) is 1.72. The summed E-state index contributed by atoms with van der Waals surface area (Å²) in [6, 6.07) is 14.3. The zero-order valence-corrected chi connectivity index (χ0v) is 8.96. The molecule has 0 radical (unpaired) electrons. The topological polar surface area (TPSA) is 23.8 Å². The van der Waals surface area contributed by atoms with E-state index in [1.807, 2.05) is 30.3 Å². The van der Waals surface area contributed by atoms with Crippen LogP contribution in [-0.4, -0.2) is 0 Å². The maximum Gasteiger partial charge on any atom is 0.0669 e. The van der Waals surface area contributed by atoms with E-state index in [9.17, 15) is 0 Å². The summed E-state index contributed by atoms with van der Waals surface area (Å²) in [5.74, 6) is 0.526. The highest BCUT2D eigenvalue weighted by Gasteiger charge is 2.00. The summed E-state index contributed by atoms with van der Waals surface area (Å²) in [7, 11) is 0. The van der Waals surface area contributed by atoms with Gasteiger partial charge in [0.05, 0.1) is 12.5 Å².